The predicted octanol–water partition coefficient (Wildman–Crippen LogP) is 2.97. The Morgan fingerprint density at radius 3 is 2.42 bits per heavy atom. The minimum absolute atomic E-state index is 0.204. The van der Waals surface area contributed by atoms with Gasteiger partial charge in [0.15, 0.2) is 0 Å². The molecular weight excluding hydrogens is 453 g/mol. The van der Waals surface area contributed by atoms with E-state index in [0.29, 0.717) is 59.5 Å². The Balaban J connectivity index is 1.36. The van der Waals surface area contributed by atoms with Crippen LogP contribution in [0.4, 0.5) is 4.39 Å². The van der Waals surface area contributed by atoms with Gasteiger partial charge in [-0.1, -0.05) is 22.8 Å². The third kappa shape index (κ3) is 4.73. The fourth-order valence-corrected chi connectivity index (χ4v) is 4.13. The maximum absolute atomic E-state index is 13.4. The normalized spacial score (nSPS) is 17.9. The van der Waals surface area contributed by atoms with Gasteiger partial charge < -0.3 is 24.1 Å². The molecule has 2 aromatic carbocycles. The number of benzene rings is 2. The molecule has 0 bridgehead atoms. The number of carbonyl (C=O) groups excluding carboxylic acids is 2. The van der Waals surface area contributed by atoms with Gasteiger partial charge in [-0.2, -0.15) is 0 Å². The van der Waals surface area contributed by atoms with Crippen LogP contribution in [0, 0.1) is 5.82 Å². The molecule has 1 fully saturated rings. The summed E-state index contributed by atoms with van der Waals surface area (Å²) in [7, 11) is 3.03. The van der Waals surface area contributed by atoms with E-state index in [1.165, 1.54) is 32.4 Å². The van der Waals surface area contributed by atoms with Crippen molar-refractivity contribution >= 4 is 29.1 Å². The summed E-state index contributed by atoms with van der Waals surface area (Å²) >= 11 is 6.25. The SMILES string of the molecule is COc1cc(OC)c(C2=NO[C@H](C(=O)N3CCN(C(=O)c4cccc(F)c4)CC3)C2)cc1Cl. The van der Waals surface area contributed by atoms with E-state index in [1.807, 2.05) is 0 Å². The Hall–Kier alpha value is -3.33. The molecule has 2 amide bonds. The van der Waals surface area contributed by atoms with Gasteiger partial charge in [0, 0.05) is 49.8 Å². The van der Waals surface area contributed by atoms with Gasteiger partial charge in [-0.3, -0.25) is 9.59 Å². The third-order valence-corrected chi connectivity index (χ3v) is 5.97. The minimum Gasteiger partial charge on any atom is -0.496 e. The highest BCUT2D eigenvalue weighted by atomic mass is 35.5. The first-order chi connectivity index (χ1) is 15.9. The van der Waals surface area contributed by atoms with Crippen LogP contribution < -0.4 is 9.47 Å². The van der Waals surface area contributed by atoms with Gasteiger partial charge in [-0.15, -0.1) is 0 Å². The molecule has 174 valence electrons. The number of methoxy groups -OCH3 is 2. The second kappa shape index (κ2) is 9.66. The molecule has 4 rings (SSSR count). The van der Waals surface area contributed by atoms with Crippen molar-refractivity contribution in [2.24, 2.45) is 5.16 Å². The van der Waals surface area contributed by atoms with Gasteiger partial charge in [-0.25, -0.2) is 4.39 Å². The van der Waals surface area contributed by atoms with E-state index in [2.05, 4.69) is 5.16 Å². The van der Waals surface area contributed by atoms with E-state index < -0.39 is 11.9 Å². The monoisotopic (exact) mass is 475 g/mol. The average molecular weight is 476 g/mol. The Morgan fingerprint density at radius 1 is 1.06 bits per heavy atom. The highest BCUT2D eigenvalue weighted by Gasteiger charge is 2.35. The van der Waals surface area contributed by atoms with Gasteiger partial charge in [-0.05, 0) is 24.3 Å². The van der Waals surface area contributed by atoms with Crippen LogP contribution in [0.25, 0.3) is 0 Å². The van der Waals surface area contributed by atoms with E-state index in [9.17, 15) is 14.0 Å². The van der Waals surface area contributed by atoms with Crippen molar-refractivity contribution in [1.82, 2.24) is 9.80 Å². The molecule has 0 aliphatic carbocycles. The van der Waals surface area contributed by atoms with Crippen LogP contribution in [-0.4, -0.2) is 73.8 Å². The molecule has 2 aliphatic heterocycles. The number of nitrogens with zero attached hydrogens (tertiary/aromatic N) is 3. The maximum atomic E-state index is 13.4. The van der Waals surface area contributed by atoms with Crippen molar-refractivity contribution in [2.45, 2.75) is 12.5 Å². The minimum atomic E-state index is -0.768. The molecule has 10 heteroatoms. The smallest absolute Gasteiger partial charge is 0.267 e. The van der Waals surface area contributed by atoms with Crippen LogP contribution in [0.3, 0.4) is 0 Å². The predicted molar refractivity (Wildman–Crippen MR) is 119 cm³/mol. The topological polar surface area (TPSA) is 80.7 Å². The van der Waals surface area contributed by atoms with Crippen LogP contribution in [0.5, 0.6) is 11.5 Å². The lowest BCUT2D eigenvalue weighted by atomic mass is 10.0. The quantitative estimate of drug-likeness (QED) is 0.664. The molecule has 1 atom stereocenters. The molecule has 1 saturated heterocycles. The summed E-state index contributed by atoms with van der Waals surface area (Å²) in [6.07, 6.45) is -0.503. The summed E-state index contributed by atoms with van der Waals surface area (Å²) in [5.74, 6) is 0.0582. The lowest BCUT2D eigenvalue weighted by Gasteiger charge is -2.35. The third-order valence-electron chi connectivity index (χ3n) is 5.68. The number of piperazine rings is 1. The molecule has 8 nitrogen and oxygen atoms in total. The number of ether oxygens (including phenoxy) is 2. The summed E-state index contributed by atoms with van der Waals surface area (Å²) < 4.78 is 24.1. The summed E-state index contributed by atoms with van der Waals surface area (Å²) in [6.45, 7) is 1.41. The number of oxime groups is 1. The molecule has 0 N–H and O–H groups in total. The zero-order valence-corrected chi connectivity index (χ0v) is 19.0. The lowest BCUT2D eigenvalue weighted by molar-refractivity contribution is -0.143. The molecule has 0 aromatic heterocycles. The highest BCUT2D eigenvalue weighted by Crippen LogP contribution is 2.35. The van der Waals surface area contributed by atoms with Crippen molar-refractivity contribution in [1.29, 1.82) is 0 Å². The van der Waals surface area contributed by atoms with Crippen molar-refractivity contribution in [3.8, 4) is 11.5 Å². The Labute approximate surface area is 195 Å². The van der Waals surface area contributed by atoms with Crippen LogP contribution in [0.2, 0.25) is 5.02 Å². The van der Waals surface area contributed by atoms with Gasteiger partial charge >= 0.3 is 0 Å². The van der Waals surface area contributed by atoms with E-state index in [0.717, 1.165) is 0 Å². The number of amides is 2. The Kier molecular flexibility index (Phi) is 6.69. The largest absolute Gasteiger partial charge is 0.496 e. The average Bonchev–Trinajstić information content (AvgIpc) is 3.33. The molecule has 0 spiro atoms. The van der Waals surface area contributed by atoms with E-state index in [4.69, 9.17) is 25.9 Å². The second-order valence-electron chi connectivity index (χ2n) is 7.65. The van der Waals surface area contributed by atoms with Crippen LogP contribution in [0.15, 0.2) is 41.6 Å². The summed E-state index contributed by atoms with van der Waals surface area (Å²) in [5.41, 5.74) is 1.47. The first-order valence-corrected chi connectivity index (χ1v) is 10.8. The number of rotatable bonds is 5. The fourth-order valence-electron chi connectivity index (χ4n) is 3.89. The molecule has 0 unspecified atom stereocenters. The van der Waals surface area contributed by atoms with Crippen molar-refractivity contribution in [3.63, 3.8) is 0 Å². The fraction of sp³-hybridized carbons (Fsp3) is 0.348. The highest BCUT2D eigenvalue weighted by molar-refractivity contribution is 6.32. The number of hydrogen-bond acceptors (Lipinski definition) is 6. The van der Waals surface area contributed by atoms with Gasteiger partial charge in [0.1, 0.15) is 17.3 Å². The van der Waals surface area contributed by atoms with Crippen molar-refractivity contribution in [3.05, 3.63) is 58.4 Å². The zero-order chi connectivity index (χ0) is 23.5. The molecule has 0 saturated carbocycles. The standard InChI is InChI=1S/C23H23ClFN3O5/c1-31-19-13-20(32-2)17(24)11-16(19)18-12-21(33-26-18)23(30)28-8-6-27(7-9-28)22(29)14-4-3-5-15(25)10-14/h3-5,10-11,13,21H,6-9,12H2,1-2H3/t21-/m0/s1. The van der Waals surface area contributed by atoms with Crippen molar-refractivity contribution in [2.75, 3.05) is 40.4 Å². The van der Waals surface area contributed by atoms with Gasteiger partial charge in [0.25, 0.3) is 11.8 Å². The van der Waals surface area contributed by atoms with Gasteiger partial charge in [0.05, 0.1) is 25.0 Å². The summed E-state index contributed by atoms with van der Waals surface area (Å²) in [4.78, 5) is 34.3. The number of hydrogen-bond donors (Lipinski definition) is 0. The van der Waals surface area contributed by atoms with Crippen LogP contribution >= 0.6 is 11.6 Å². The number of halogens is 2. The van der Waals surface area contributed by atoms with E-state index >= 15 is 0 Å². The van der Waals surface area contributed by atoms with Crippen molar-refractivity contribution < 1.29 is 28.3 Å². The zero-order valence-electron chi connectivity index (χ0n) is 18.2. The lowest BCUT2D eigenvalue weighted by Crippen LogP contribution is -2.53. The Bertz CT molecular complexity index is 1100. The molecule has 33 heavy (non-hydrogen) atoms. The van der Waals surface area contributed by atoms with Gasteiger partial charge in [0.2, 0.25) is 6.10 Å². The van der Waals surface area contributed by atoms with E-state index in [-0.39, 0.29) is 18.2 Å². The second-order valence-corrected chi connectivity index (χ2v) is 8.06. The van der Waals surface area contributed by atoms with Crippen LogP contribution in [-0.2, 0) is 9.63 Å². The first kappa shape index (κ1) is 22.8. The molecule has 2 heterocycles. The molecular formula is C23H23ClFN3O5. The first-order valence-electron chi connectivity index (χ1n) is 10.4. The molecule has 2 aromatic rings. The number of carbonyl (C=O) groups is 2. The summed E-state index contributed by atoms with van der Waals surface area (Å²) in [6, 6.07) is 8.91. The molecule has 2 aliphatic rings. The van der Waals surface area contributed by atoms with Crippen LogP contribution in [0.1, 0.15) is 22.3 Å². The van der Waals surface area contributed by atoms with E-state index in [1.54, 1.807) is 28.0 Å². The maximum Gasteiger partial charge on any atom is 0.267 e. The molecule has 0 radical (unpaired) electrons. The summed E-state index contributed by atoms with van der Waals surface area (Å²) in [5, 5.41) is 4.48. The Morgan fingerprint density at radius 2 is 1.76 bits per heavy atom.